The first-order chi connectivity index (χ1) is 8.65. The lowest BCUT2D eigenvalue weighted by molar-refractivity contribution is -0.151. The number of nitrogens with one attached hydrogen (secondary N) is 1. The Bertz CT molecular complexity index is 422. The predicted octanol–water partition coefficient (Wildman–Crippen LogP) is 2.88. The van der Waals surface area contributed by atoms with Crippen LogP contribution in [0.3, 0.4) is 0 Å². The van der Waals surface area contributed by atoms with Crippen LogP contribution in [0.2, 0.25) is 0 Å². The van der Waals surface area contributed by atoms with Crippen LogP contribution in [0.5, 0.6) is 0 Å². The first-order valence-corrected chi connectivity index (χ1v) is 7.09. The van der Waals surface area contributed by atoms with Crippen molar-refractivity contribution in [2.45, 2.75) is 32.4 Å². The van der Waals surface area contributed by atoms with Crippen molar-refractivity contribution >= 4 is 21.9 Å². The smallest absolute Gasteiger partial charge is 0.309 e. The third kappa shape index (κ3) is 3.82. The quantitative estimate of drug-likeness (QED) is 0.872. The lowest BCUT2D eigenvalue weighted by Gasteiger charge is -2.26. The van der Waals surface area contributed by atoms with Crippen LogP contribution in [-0.2, 0) is 16.1 Å². The number of hydrogen-bond acceptors (Lipinski definition) is 3. The highest BCUT2D eigenvalue weighted by Gasteiger charge is 2.25. The van der Waals surface area contributed by atoms with Gasteiger partial charge < -0.3 is 10.1 Å². The van der Waals surface area contributed by atoms with E-state index in [0.717, 1.165) is 29.4 Å². The van der Waals surface area contributed by atoms with Crippen LogP contribution in [0.1, 0.15) is 25.3 Å². The molecule has 1 heterocycles. The van der Waals surface area contributed by atoms with E-state index in [9.17, 15) is 4.79 Å². The third-order valence-electron chi connectivity index (χ3n) is 3.23. The van der Waals surface area contributed by atoms with Crippen molar-refractivity contribution in [3.8, 4) is 0 Å². The van der Waals surface area contributed by atoms with Gasteiger partial charge in [-0.3, -0.25) is 4.79 Å². The number of hydrogen-bond donors (Lipinski definition) is 1. The van der Waals surface area contributed by atoms with Gasteiger partial charge in [0.25, 0.3) is 0 Å². The molecule has 2 atom stereocenters. The van der Waals surface area contributed by atoms with Crippen LogP contribution in [0, 0.1) is 5.92 Å². The van der Waals surface area contributed by atoms with Gasteiger partial charge in [-0.1, -0.05) is 28.1 Å². The van der Waals surface area contributed by atoms with Gasteiger partial charge in [-0.2, -0.15) is 0 Å². The minimum atomic E-state index is -0.0664. The summed E-state index contributed by atoms with van der Waals surface area (Å²) in [4.78, 5) is 11.9. The van der Waals surface area contributed by atoms with E-state index in [2.05, 4.69) is 28.2 Å². The number of benzene rings is 1. The number of piperidine rings is 1. The summed E-state index contributed by atoms with van der Waals surface area (Å²) in [7, 11) is 0. The molecule has 3 nitrogen and oxygen atoms in total. The largest absolute Gasteiger partial charge is 0.461 e. The standard InChI is InChI=1S/C14H18BrNO2/c1-10-7-12(5-6-16-10)14(17)18-9-11-3-2-4-13(15)8-11/h2-4,8,10,12,16H,5-7,9H2,1H3. The second-order valence-electron chi connectivity index (χ2n) is 4.81. The van der Waals surface area contributed by atoms with Gasteiger partial charge >= 0.3 is 5.97 Å². The van der Waals surface area contributed by atoms with E-state index >= 15 is 0 Å². The second kappa shape index (κ2) is 6.34. The van der Waals surface area contributed by atoms with Crippen molar-refractivity contribution < 1.29 is 9.53 Å². The third-order valence-corrected chi connectivity index (χ3v) is 3.72. The summed E-state index contributed by atoms with van der Waals surface area (Å²) in [6.45, 7) is 3.36. The molecule has 0 radical (unpaired) electrons. The molecule has 4 heteroatoms. The summed E-state index contributed by atoms with van der Waals surface area (Å²) >= 11 is 3.40. The van der Waals surface area contributed by atoms with E-state index in [4.69, 9.17) is 4.74 Å². The molecule has 1 aliphatic rings. The van der Waals surface area contributed by atoms with Gasteiger partial charge in [0.15, 0.2) is 0 Å². The summed E-state index contributed by atoms with van der Waals surface area (Å²) in [6, 6.07) is 8.24. The molecule has 0 aromatic heterocycles. The lowest BCUT2D eigenvalue weighted by Crippen LogP contribution is -2.39. The van der Waals surface area contributed by atoms with Crippen LogP contribution in [0.4, 0.5) is 0 Å². The van der Waals surface area contributed by atoms with Gasteiger partial charge in [0.05, 0.1) is 5.92 Å². The first kappa shape index (κ1) is 13.6. The summed E-state index contributed by atoms with van der Waals surface area (Å²) in [5, 5.41) is 3.33. The number of rotatable bonds is 3. The molecule has 1 fully saturated rings. The Morgan fingerprint density at radius 2 is 2.39 bits per heavy atom. The zero-order valence-corrected chi connectivity index (χ0v) is 12.1. The lowest BCUT2D eigenvalue weighted by atomic mass is 9.93. The van der Waals surface area contributed by atoms with E-state index in [1.165, 1.54) is 0 Å². The average Bonchev–Trinajstić information content (AvgIpc) is 2.36. The Hall–Kier alpha value is -0.870. The maximum atomic E-state index is 11.9. The van der Waals surface area contributed by atoms with Gasteiger partial charge in [0.1, 0.15) is 6.61 Å². The normalized spacial score (nSPS) is 23.7. The Balaban J connectivity index is 1.84. The molecule has 2 unspecified atom stereocenters. The fourth-order valence-corrected chi connectivity index (χ4v) is 2.69. The molecule has 1 aromatic carbocycles. The van der Waals surface area contributed by atoms with Crippen LogP contribution in [0.15, 0.2) is 28.7 Å². The van der Waals surface area contributed by atoms with Crippen LogP contribution >= 0.6 is 15.9 Å². The second-order valence-corrected chi connectivity index (χ2v) is 5.73. The fraction of sp³-hybridized carbons (Fsp3) is 0.500. The highest BCUT2D eigenvalue weighted by Crippen LogP contribution is 2.19. The highest BCUT2D eigenvalue weighted by molar-refractivity contribution is 9.10. The minimum Gasteiger partial charge on any atom is -0.461 e. The molecule has 0 aliphatic carbocycles. The number of ether oxygens (including phenoxy) is 1. The Morgan fingerprint density at radius 1 is 1.56 bits per heavy atom. The number of esters is 1. The molecule has 0 saturated carbocycles. The van der Waals surface area contributed by atoms with Crippen molar-refractivity contribution in [3.63, 3.8) is 0 Å². The molecule has 98 valence electrons. The van der Waals surface area contributed by atoms with E-state index < -0.39 is 0 Å². The molecule has 1 aromatic rings. The van der Waals surface area contributed by atoms with Crippen LogP contribution in [-0.4, -0.2) is 18.6 Å². The number of carbonyl (C=O) groups excluding carboxylic acids is 1. The highest BCUT2D eigenvalue weighted by atomic mass is 79.9. The topological polar surface area (TPSA) is 38.3 Å². The van der Waals surface area contributed by atoms with Crippen LogP contribution in [0.25, 0.3) is 0 Å². The van der Waals surface area contributed by atoms with Crippen molar-refractivity contribution in [2.75, 3.05) is 6.54 Å². The van der Waals surface area contributed by atoms with Gasteiger partial charge in [-0.15, -0.1) is 0 Å². The van der Waals surface area contributed by atoms with Gasteiger partial charge in [0.2, 0.25) is 0 Å². The van der Waals surface area contributed by atoms with Crippen molar-refractivity contribution in [1.29, 1.82) is 0 Å². The van der Waals surface area contributed by atoms with E-state index in [1.807, 2.05) is 24.3 Å². The summed E-state index contributed by atoms with van der Waals surface area (Å²) in [6.07, 6.45) is 1.75. The molecular weight excluding hydrogens is 294 g/mol. The van der Waals surface area contributed by atoms with E-state index in [1.54, 1.807) is 0 Å². The molecule has 0 bridgehead atoms. The van der Waals surface area contributed by atoms with Gasteiger partial charge in [0, 0.05) is 10.5 Å². The molecular formula is C14H18BrNO2. The van der Waals surface area contributed by atoms with Crippen molar-refractivity contribution in [1.82, 2.24) is 5.32 Å². The Labute approximate surface area is 116 Å². The Morgan fingerprint density at radius 3 is 3.11 bits per heavy atom. The molecule has 2 rings (SSSR count). The average molecular weight is 312 g/mol. The van der Waals surface area contributed by atoms with Gasteiger partial charge in [-0.25, -0.2) is 0 Å². The summed E-state index contributed by atoms with van der Waals surface area (Å²) < 4.78 is 6.39. The molecule has 1 N–H and O–H groups in total. The van der Waals surface area contributed by atoms with Crippen molar-refractivity contribution in [2.24, 2.45) is 5.92 Å². The summed E-state index contributed by atoms with van der Waals surface area (Å²) in [5.74, 6) is -0.0169. The van der Waals surface area contributed by atoms with Gasteiger partial charge in [-0.05, 0) is 44.0 Å². The molecule has 0 amide bonds. The van der Waals surface area contributed by atoms with E-state index in [-0.39, 0.29) is 11.9 Å². The fourth-order valence-electron chi connectivity index (χ4n) is 2.25. The molecule has 1 aliphatic heterocycles. The molecule has 1 saturated heterocycles. The van der Waals surface area contributed by atoms with Crippen molar-refractivity contribution in [3.05, 3.63) is 34.3 Å². The monoisotopic (exact) mass is 311 g/mol. The Kier molecular flexibility index (Phi) is 4.78. The maximum Gasteiger partial charge on any atom is 0.309 e. The minimum absolute atomic E-state index is 0.0494. The molecule has 18 heavy (non-hydrogen) atoms. The molecule has 0 spiro atoms. The number of carbonyl (C=O) groups is 1. The zero-order chi connectivity index (χ0) is 13.0. The maximum absolute atomic E-state index is 11.9. The van der Waals surface area contributed by atoms with Crippen LogP contribution < -0.4 is 5.32 Å². The zero-order valence-electron chi connectivity index (χ0n) is 10.5. The predicted molar refractivity (Wildman–Crippen MR) is 74.1 cm³/mol. The number of halogens is 1. The summed E-state index contributed by atoms with van der Waals surface area (Å²) in [5.41, 5.74) is 1.01. The van der Waals surface area contributed by atoms with E-state index in [0.29, 0.717) is 12.6 Å². The first-order valence-electron chi connectivity index (χ1n) is 6.29. The SMILES string of the molecule is CC1CC(C(=O)OCc2cccc(Br)c2)CCN1.